The van der Waals surface area contributed by atoms with Crippen molar-refractivity contribution in [2.24, 2.45) is 4.99 Å². The van der Waals surface area contributed by atoms with E-state index in [-0.39, 0.29) is 5.71 Å². The first-order valence-corrected chi connectivity index (χ1v) is 4.94. The van der Waals surface area contributed by atoms with Crippen LogP contribution in [0.15, 0.2) is 29.3 Å². The second-order valence-corrected chi connectivity index (χ2v) is 3.29. The summed E-state index contributed by atoms with van der Waals surface area (Å²) in [6, 6.07) is 7.26. The van der Waals surface area contributed by atoms with Gasteiger partial charge in [0.2, 0.25) is 0 Å². The van der Waals surface area contributed by atoms with Crippen molar-refractivity contribution in [1.29, 1.82) is 10.8 Å². The summed E-state index contributed by atoms with van der Waals surface area (Å²) in [4.78, 5) is 9.18. The quantitative estimate of drug-likeness (QED) is 0.658. The molecule has 2 rings (SSSR count). The third kappa shape index (κ3) is 1.99. The van der Waals surface area contributed by atoms with Crippen molar-refractivity contribution < 1.29 is 4.84 Å². The number of benzene rings is 1. The van der Waals surface area contributed by atoms with E-state index in [0.717, 1.165) is 0 Å². The molecular formula is C11H12N4O. The van der Waals surface area contributed by atoms with Gasteiger partial charge in [-0.3, -0.25) is 15.2 Å². The third-order valence-electron chi connectivity index (χ3n) is 2.25. The lowest BCUT2D eigenvalue weighted by atomic mass is 10.0. The molecule has 0 aromatic heterocycles. The smallest absolute Gasteiger partial charge is 0.171 e. The van der Waals surface area contributed by atoms with Crippen LogP contribution >= 0.6 is 0 Å². The zero-order chi connectivity index (χ0) is 11.4. The summed E-state index contributed by atoms with van der Waals surface area (Å²) < 4.78 is 0. The van der Waals surface area contributed by atoms with Gasteiger partial charge in [0.05, 0.1) is 13.2 Å². The van der Waals surface area contributed by atoms with E-state index in [1.807, 2.05) is 12.1 Å². The maximum Gasteiger partial charge on any atom is 0.171 e. The standard InChI is InChI=1S/C11H12N4O/c12-7-8-3-1-2-4-9(8)10(13)11-14-5-6-16-15-11/h1-4,7,12-13H,5-6H2,(H,14,15). The van der Waals surface area contributed by atoms with Gasteiger partial charge < -0.3 is 5.41 Å². The zero-order valence-electron chi connectivity index (χ0n) is 8.66. The Balaban J connectivity index is 2.33. The largest absolute Gasteiger partial charge is 0.308 e. The highest BCUT2D eigenvalue weighted by atomic mass is 16.6. The molecule has 1 heterocycles. The van der Waals surface area contributed by atoms with Crippen molar-refractivity contribution in [2.75, 3.05) is 13.2 Å². The second kappa shape index (κ2) is 4.67. The van der Waals surface area contributed by atoms with Gasteiger partial charge >= 0.3 is 0 Å². The van der Waals surface area contributed by atoms with Crippen LogP contribution in [0.25, 0.3) is 0 Å². The molecule has 16 heavy (non-hydrogen) atoms. The molecule has 1 aliphatic rings. The summed E-state index contributed by atoms with van der Waals surface area (Å²) >= 11 is 0. The number of rotatable bonds is 3. The lowest BCUT2D eigenvalue weighted by molar-refractivity contribution is 0.0838. The molecule has 0 bridgehead atoms. The Morgan fingerprint density at radius 3 is 2.94 bits per heavy atom. The Labute approximate surface area is 93.1 Å². The van der Waals surface area contributed by atoms with Crippen molar-refractivity contribution in [2.45, 2.75) is 0 Å². The van der Waals surface area contributed by atoms with Crippen molar-refractivity contribution in [3.63, 3.8) is 0 Å². The summed E-state index contributed by atoms with van der Waals surface area (Å²) in [5.74, 6) is 0.417. The summed E-state index contributed by atoms with van der Waals surface area (Å²) in [6.07, 6.45) is 1.23. The number of hydrogen-bond donors (Lipinski definition) is 3. The molecule has 0 fully saturated rings. The van der Waals surface area contributed by atoms with E-state index in [1.165, 1.54) is 6.21 Å². The van der Waals surface area contributed by atoms with Crippen molar-refractivity contribution in [3.05, 3.63) is 35.4 Å². The number of nitrogens with zero attached hydrogens (tertiary/aromatic N) is 1. The number of nitrogens with one attached hydrogen (secondary N) is 3. The lowest BCUT2D eigenvalue weighted by Gasteiger charge is -2.16. The van der Waals surface area contributed by atoms with E-state index in [2.05, 4.69) is 10.5 Å². The molecule has 0 radical (unpaired) electrons. The van der Waals surface area contributed by atoms with Crippen molar-refractivity contribution in [3.8, 4) is 0 Å². The molecule has 0 atom stereocenters. The Kier molecular flexibility index (Phi) is 3.07. The first kappa shape index (κ1) is 10.5. The number of amidine groups is 1. The highest BCUT2D eigenvalue weighted by Crippen LogP contribution is 2.08. The first-order chi connectivity index (χ1) is 7.83. The molecule has 0 saturated carbocycles. The van der Waals surface area contributed by atoms with E-state index in [0.29, 0.717) is 30.1 Å². The Morgan fingerprint density at radius 2 is 2.25 bits per heavy atom. The van der Waals surface area contributed by atoms with Gasteiger partial charge in [-0.25, -0.2) is 5.48 Å². The minimum Gasteiger partial charge on any atom is -0.308 e. The SMILES string of the molecule is N=Cc1ccccc1C(=N)C1=NCCON1. The third-order valence-corrected chi connectivity index (χ3v) is 2.25. The lowest BCUT2D eigenvalue weighted by Crippen LogP contribution is -2.36. The summed E-state index contributed by atoms with van der Waals surface area (Å²) in [5.41, 5.74) is 4.24. The van der Waals surface area contributed by atoms with Gasteiger partial charge in [0.1, 0.15) is 5.71 Å². The van der Waals surface area contributed by atoms with Crippen LogP contribution in [0.2, 0.25) is 0 Å². The summed E-state index contributed by atoms with van der Waals surface area (Å²) in [5, 5.41) is 15.3. The fraction of sp³-hybridized carbons (Fsp3) is 0.182. The molecule has 0 spiro atoms. The number of aliphatic imine (C=N–C) groups is 1. The van der Waals surface area contributed by atoms with Crippen LogP contribution in [0.4, 0.5) is 0 Å². The molecule has 0 saturated heterocycles. The maximum atomic E-state index is 7.99. The van der Waals surface area contributed by atoms with Crippen molar-refractivity contribution >= 4 is 17.8 Å². The highest BCUT2D eigenvalue weighted by Gasteiger charge is 2.14. The van der Waals surface area contributed by atoms with Crippen LogP contribution in [0.3, 0.4) is 0 Å². The Bertz CT molecular complexity index is 453. The van der Waals surface area contributed by atoms with Crippen LogP contribution in [-0.2, 0) is 4.84 Å². The fourth-order valence-electron chi connectivity index (χ4n) is 1.46. The molecule has 82 valence electrons. The molecular weight excluding hydrogens is 204 g/mol. The molecule has 3 N–H and O–H groups in total. The monoisotopic (exact) mass is 216 g/mol. The molecule has 1 aromatic rings. The molecule has 1 aliphatic heterocycles. The topological polar surface area (TPSA) is 81.3 Å². The van der Waals surface area contributed by atoms with Gasteiger partial charge in [-0.1, -0.05) is 24.3 Å². The first-order valence-electron chi connectivity index (χ1n) is 4.94. The molecule has 0 unspecified atom stereocenters. The molecule has 1 aromatic carbocycles. The average molecular weight is 216 g/mol. The molecule has 5 nitrogen and oxygen atoms in total. The Morgan fingerprint density at radius 1 is 1.44 bits per heavy atom. The van der Waals surface area contributed by atoms with Gasteiger partial charge in [0.15, 0.2) is 5.84 Å². The fourth-order valence-corrected chi connectivity index (χ4v) is 1.46. The van der Waals surface area contributed by atoms with E-state index < -0.39 is 0 Å². The average Bonchev–Trinajstić information content (AvgIpc) is 2.39. The van der Waals surface area contributed by atoms with Gasteiger partial charge in [-0.15, -0.1) is 0 Å². The normalized spacial score (nSPS) is 14.9. The summed E-state index contributed by atoms with van der Waals surface area (Å²) in [6.45, 7) is 1.07. The van der Waals surface area contributed by atoms with Gasteiger partial charge in [-0.2, -0.15) is 0 Å². The minimum absolute atomic E-state index is 0.249. The van der Waals surface area contributed by atoms with Gasteiger partial charge in [0, 0.05) is 17.3 Å². The molecule has 5 heteroatoms. The van der Waals surface area contributed by atoms with Gasteiger partial charge in [-0.05, 0) is 0 Å². The molecule has 0 amide bonds. The second-order valence-electron chi connectivity index (χ2n) is 3.29. The van der Waals surface area contributed by atoms with E-state index in [4.69, 9.17) is 15.7 Å². The highest BCUT2D eigenvalue weighted by molar-refractivity contribution is 6.47. The molecule has 0 aliphatic carbocycles. The predicted octanol–water partition coefficient (Wildman–Crippen LogP) is 0.985. The van der Waals surface area contributed by atoms with E-state index >= 15 is 0 Å². The number of hydroxylamine groups is 1. The van der Waals surface area contributed by atoms with Crippen LogP contribution < -0.4 is 5.48 Å². The van der Waals surface area contributed by atoms with Gasteiger partial charge in [0.25, 0.3) is 0 Å². The van der Waals surface area contributed by atoms with E-state index in [9.17, 15) is 0 Å². The van der Waals surface area contributed by atoms with Crippen LogP contribution in [-0.4, -0.2) is 30.9 Å². The van der Waals surface area contributed by atoms with Crippen LogP contribution in [0, 0.1) is 10.8 Å². The predicted molar refractivity (Wildman–Crippen MR) is 62.5 cm³/mol. The number of hydrogen-bond acceptors (Lipinski definition) is 5. The zero-order valence-corrected chi connectivity index (χ0v) is 8.66. The van der Waals surface area contributed by atoms with Crippen LogP contribution in [0.5, 0.6) is 0 Å². The Hall–Kier alpha value is -2.01. The van der Waals surface area contributed by atoms with Crippen molar-refractivity contribution in [1.82, 2.24) is 5.48 Å². The van der Waals surface area contributed by atoms with Crippen LogP contribution in [0.1, 0.15) is 11.1 Å². The summed E-state index contributed by atoms with van der Waals surface area (Å²) in [7, 11) is 0. The van der Waals surface area contributed by atoms with E-state index in [1.54, 1.807) is 12.1 Å². The maximum absolute atomic E-state index is 7.99. The minimum atomic E-state index is 0.249.